The molecule has 0 bridgehead atoms. The molecular weight excluding hydrogens is 210 g/mol. The molecule has 94 valence electrons. The first kappa shape index (κ1) is 12.4. The summed E-state index contributed by atoms with van der Waals surface area (Å²) in [6, 6.07) is 9.05. The molecule has 17 heavy (non-hydrogen) atoms. The van der Waals surface area contributed by atoms with Crippen molar-refractivity contribution in [2.45, 2.75) is 38.6 Å². The summed E-state index contributed by atoms with van der Waals surface area (Å²) in [6.45, 7) is 5.45. The highest BCUT2D eigenvalue weighted by molar-refractivity contribution is 5.39. The second-order valence-corrected chi connectivity index (χ2v) is 5.31. The third kappa shape index (κ3) is 3.01. The van der Waals surface area contributed by atoms with Crippen molar-refractivity contribution in [2.75, 3.05) is 13.7 Å². The standard InChI is InChI=1S/C15H23NO/c1-11(8-12(2)16-3)9-13-10-17-15-7-5-4-6-14(13)15/h4-7,11-13,16H,8-10H2,1-3H3. The first-order valence-corrected chi connectivity index (χ1v) is 6.59. The molecular formula is C15H23NO. The average Bonchev–Trinajstić information content (AvgIpc) is 2.72. The molecule has 2 rings (SSSR count). The van der Waals surface area contributed by atoms with Crippen LogP contribution >= 0.6 is 0 Å². The zero-order valence-corrected chi connectivity index (χ0v) is 11.1. The van der Waals surface area contributed by atoms with Gasteiger partial charge in [0.2, 0.25) is 0 Å². The van der Waals surface area contributed by atoms with E-state index in [1.807, 2.05) is 13.1 Å². The van der Waals surface area contributed by atoms with E-state index < -0.39 is 0 Å². The lowest BCUT2D eigenvalue weighted by molar-refractivity contribution is 0.300. The second kappa shape index (κ2) is 5.54. The maximum Gasteiger partial charge on any atom is 0.122 e. The zero-order valence-electron chi connectivity index (χ0n) is 11.1. The van der Waals surface area contributed by atoms with Crippen LogP contribution in [0, 0.1) is 5.92 Å². The van der Waals surface area contributed by atoms with E-state index in [0.717, 1.165) is 18.3 Å². The Kier molecular flexibility index (Phi) is 4.06. The number of nitrogens with one attached hydrogen (secondary N) is 1. The van der Waals surface area contributed by atoms with Gasteiger partial charge in [0.05, 0.1) is 6.61 Å². The van der Waals surface area contributed by atoms with Gasteiger partial charge in [-0.05, 0) is 38.8 Å². The summed E-state index contributed by atoms with van der Waals surface area (Å²) in [5.41, 5.74) is 1.40. The molecule has 1 aliphatic rings. The van der Waals surface area contributed by atoms with Crippen LogP contribution in [-0.2, 0) is 0 Å². The van der Waals surface area contributed by atoms with Crippen LogP contribution in [0.15, 0.2) is 24.3 Å². The van der Waals surface area contributed by atoms with E-state index in [0.29, 0.717) is 12.0 Å². The molecule has 3 atom stereocenters. The monoisotopic (exact) mass is 233 g/mol. The van der Waals surface area contributed by atoms with Gasteiger partial charge in [-0.2, -0.15) is 0 Å². The Bertz CT molecular complexity index is 364. The molecule has 3 unspecified atom stereocenters. The van der Waals surface area contributed by atoms with Gasteiger partial charge in [0.1, 0.15) is 5.75 Å². The Labute approximate surface area is 104 Å². The van der Waals surface area contributed by atoms with Gasteiger partial charge in [0, 0.05) is 17.5 Å². The zero-order chi connectivity index (χ0) is 12.3. The van der Waals surface area contributed by atoms with E-state index in [9.17, 15) is 0 Å². The Morgan fingerprint density at radius 1 is 1.35 bits per heavy atom. The fourth-order valence-electron chi connectivity index (χ4n) is 2.73. The topological polar surface area (TPSA) is 21.3 Å². The van der Waals surface area contributed by atoms with E-state index in [1.54, 1.807) is 0 Å². The maximum atomic E-state index is 5.73. The third-order valence-electron chi connectivity index (χ3n) is 3.73. The molecule has 0 saturated heterocycles. The number of ether oxygens (including phenoxy) is 1. The van der Waals surface area contributed by atoms with E-state index in [1.165, 1.54) is 18.4 Å². The third-order valence-corrected chi connectivity index (χ3v) is 3.73. The molecule has 1 N–H and O–H groups in total. The SMILES string of the molecule is CNC(C)CC(C)CC1COc2ccccc21. The number of fused-ring (bicyclic) bond motifs is 1. The lowest BCUT2D eigenvalue weighted by Crippen LogP contribution is -2.24. The van der Waals surface area contributed by atoms with E-state index in [2.05, 4.69) is 37.4 Å². The van der Waals surface area contributed by atoms with E-state index >= 15 is 0 Å². The van der Waals surface area contributed by atoms with Crippen LogP contribution in [0.5, 0.6) is 5.75 Å². The molecule has 0 radical (unpaired) electrons. The highest BCUT2D eigenvalue weighted by atomic mass is 16.5. The minimum Gasteiger partial charge on any atom is -0.493 e. The Balaban J connectivity index is 1.93. The minimum absolute atomic E-state index is 0.588. The summed E-state index contributed by atoms with van der Waals surface area (Å²) in [7, 11) is 2.03. The largest absolute Gasteiger partial charge is 0.493 e. The molecule has 0 fully saturated rings. The summed E-state index contributed by atoms with van der Waals surface area (Å²) in [5, 5.41) is 3.31. The predicted molar refractivity (Wildman–Crippen MR) is 71.6 cm³/mol. The van der Waals surface area contributed by atoms with Crippen LogP contribution in [0.4, 0.5) is 0 Å². The first-order valence-electron chi connectivity index (χ1n) is 6.59. The summed E-state index contributed by atoms with van der Waals surface area (Å²) in [4.78, 5) is 0. The van der Waals surface area contributed by atoms with Crippen molar-refractivity contribution >= 4 is 0 Å². The quantitative estimate of drug-likeness (QED) is 0.843. The summed E-state index contributed by atoms with van der Waals surface area (Å²) < 4.78 is 5.73. The van der Waals surface area contributed by atoms with Crippen LogP contribution in [-0.4, -0.2) is 19.7 Å². The smallest absolute Gasteiger partial charge is 0.122 e. The summed E-state index contributed by atoms with van der Waals surface area (Å²) in [6.07, 6.45) is 2.46. The molecule has 1 aromatic carbocycles. The molecule has 0 amide bonds. The molecule has 1 heterocycles. The van der Waals surface area contributed by atoms with Gasteiger partial charge in [-0.25, -0.2) is 0 Å². The maximum absolute atomic E-state index is 5.73. The second-order valence-electron chi connectivity index (χ2n) is 5.31. The highest BCUT2D eigenvalue weighted by Gasteiger charge is 2.25. The Morgan fingerprint density at radius 3 is 2.88 bits per heavy atom. The molecule has 2 nitrogen and oxygen atoms in total. The lowest BCUT2D eigenvalue weighted by atomic mass is 9.88. The minimum atomic E-state index is 0.588. The molecule has 1 aromatic rings. The van der Waals surface area contributed by atoms with Crippen molar-refractivity contribution in [3.8, 4) is 5.75 Å². The Hall–Kier alpha value is -1.02. The van der Waals surface area contributed by atoms with Gasteiger partial charge in [-0.15, -0.1) is 0 Å². The van der Waals surface area contributed by atoms with Crippen molar-refractivity contribution in [3.63, 3.8) is 0 Å². The van der Waals surface area contributed by atoms with Gasteiger partial charge in [0.15, 0.2) is 0 Å². The molecule has 0 saturated carbocycles. The lowest BCUT2D eigenvalue weighted by Gasteiger charge is -2.19. The number of hydrogen-bond donors (Lipinski definition) is 1. The number of hydrogen-bond acceptors (Lipinski definition) is 2. The molecule has 0 aromatic heterocycles. The van der Waals surface area contributed by atoms with Crippen molar-refractivity contribution in [1.82, 2.24) is 5.32 Å². The fourth-order valence-corrected chi connectivity index (χ4v) is 2.73. The summed E-state index contributed by atoms with van der Waals surface area (Å²) in [5.74, 6) is 2.41. The van der Waals surface area contributed by atoms with Crippen molar-refractivity contribution in [3.05, 3.63) is 29.8 Å². The van der Waals surface area contributed by atoms with Gasteiger partial charge in [-0.3, -0.25) is 0 Å². The van der Waals surface area contributed by atoms with E-state index in [-0.39, 0.29) is 0 Å². The van der Waals surface area contributed by atoms with Crippen molar-refractivity contribution < 1.29 is 4.74 Å². The van der Waals surface area contributed by atoms with Gasteiger partial charge in [-0.1, -0.05) is 25.1 Å². The predicted octanol–water partition coefficient (Wildman–Crippen LogP) is 3.19. The Morgan fingerprint density at radius 2 is 2.12 bits per heavy atom. The number of benzene rings is 1. The van der Waals surface area contributed by atoms with Gasteiger partial charge in [0.25, 0.3) is 0 Å². The molecule has 0 aliphatic carbocycles. The van der Waals surface area contributed by atoms with Crippen LogP contribution in [0.1, 0.15) is 38.2 Å². The van der Waals surface area contributed by atoms with Gasteiger partial charge < -0.3 is 10.1 Å². The summed E-state index contributed by atoms with van der Waals surface area (Å²) >= 11 is 0. The first-order chi connectivity index (χ1) is 8.20. The fraction of sp³-hybridized carbons (Fsp3) is 0.600. The average molecular weight is 233 g/mol. The highest BCUT2D eigenvalue weighted by Crippen LogP contribution is 2.37. The van der Waals surface area contributed by atoms with Crippen molar-refractivity contribution in [1.29, 1.82) is 0 Å². The number of rotatable bonds is 5. The van der Waals surface area contributed by atoms with Crippen LogP contribution < -0.4 is 10.1 Å². The molecule has 1 aliphatic heterocycles. The van der Waals surface area contributed by atoms with Crippen LogP contribution in [0.25, 0.3) is 0 Å². The van der Waals surface area contributed by atoms with Gasteiger partial charge >= 0.3 is 0 Å². The van der Waals surface area contributed by atoms with E-state index in [4.69, 9.17) is 4.74 Å². The normalized spacial score (nSPS) is 21.7. The van der Waals surface area contributed by atoms with Crippen molar-refractivity contribution in [2.24, 2.45) is 5.92 Å². The molecule has 0 spiro atoms. The van der Waals surface area contributed by atoms with Crippen LogP contribution in [0.3, 0.4) is 0 Å². The molecule has 2 heteroatoms. The van der Waals surface area contributed by atoms with Crippen LogP contribution in [0.2, 0.25) is 0 Å². The number of para-hydroxylation sites is 1.